The van der Waals surface area contributed by atoms with E-state index in [1.54, 1.807) is 36.4 Å². The zero-order valence-electron chi connectivity index (χ0n) is 12.8. The molecule has 2 aromatic carbocycles. The fraction of sp³-hybridized carbons (Fsp3) is 0.294. The first-order chi connectivity index (χ1) is 11.0. The summed E-state index contributed by atoms with van der Waals surface area (Å²) in [7, 11) is 1.47. The summed E-state index contributed by atoms with van der Waals surface area (Å²) in [6, 6.07) is 9.91. The Hall–Kier alpha value is -1.95. The number of phenols is 2. The van der Waals surface area contributed by atoms with E-state index >= 15 is 0 Å². The zero-order chi connectivity index (χ0) is 16.8. The van der Waals surface area contributed by atoms with Crippen LogP contribution in [0.2, 0.25) is 5.02 Å². The maximum absolute atomic E-state index is 10.0. The van der Waals surface area contributed by atoms with Crippen LogP contribution in [-0.4, -0.2) is 35.5 Å². The average Bonchev–Trinajstić information content (AvgIpc) is 2.55. The van der Waals surface area contributed by atoms with E-state index < -0.39 is 6.10 Å². The lowest BCUT2D eigenvalue weighted by Gasteiger charge is -2.13. The highest BCUT2D eigenvalue weighted by molar-refractivity contribution is 6.33. The van der Waals surface area contributed by atoms with Crippen molar-refractivity contribution in [3.8, 4) is 17.2 Å². The summed E-state index contributed by atoms with van der Waals surface area (Å²) in [5, 5.41) is 32.6. The van der Waals surface area contributed by atoms with Crippen molar-refractivity contribution in [1.82, 2.24) is 5.32 Å². The van der Waals surface area contributed by atoms with Crippen LogP contribution >= 0.6 is 11.6 Å². The molecule has 0 aliphatic heterocycles. The molecule has 0 amide bonds. The monoisotopic (exact) mass is 337 g/mol. The van der Waals surface area contributed by atoms with Crippen molar-refractivity contribution in [3.63, 3.8) is 0 Å². The van der Waals surface area contributed by atoms with E-state index in [4.69, 9.17) is 16.3 Å². The van der Waals surface area contributed by atoms with E-state index in [1.165, 1.54) is 7.11 Å². The molecule has 124 valence electrons. The fourth-order valence-electron chi connectivity index (χ4n) is 2.22. The second-order valence-corrected chi connectivity index (χ2v) is 5.53. The van der Waals surface area contributed by atoms with Gasteiger partial charge < -0.3 is 25.4 Å². The van der Waals surface area contributed by atoms with Crippen molar-refractivity contribution in [1.29, 1.82) is 0 Å². The van der Waals surface area contributed by atoms with Gasteiger partial charge in [-0.2, -0.15) is 0 Å². The van der Waals surface area contributed by atoms with Crippen molar-refractivity contribution < 1.29 is 20.1 Å². The van der Waals surface area contributed by atoms with Gasteiger partial charge in [0.2, 0.25) is 0 Å². The molecule has 0 heterocycles. The van der Waals surface area contributed by atoms with Crippen LogP contribution in [0.1, 0.15) is 17.2 Å². The fourth-order valence-corrected chi connectivity index (χ4v) is 2.47. The minimum absolute atomic E-state index is 0.0594. The largest absolute Gasteiger partial charge is 0.508 e. The second-order valence-electron chi connectivity index (χ2n) is 5.15. The Labute approximate surface area is 140 Å². The molecule has 2 aromatic rings. The molecule has 4 N–H and O–H groups in total. The standard InChI is InChI=1S/C17H20ClNO4/c1-23-15-7-4-12(16(18)17(15)22)8-9-19-10-14(21)11-2-5-13(20)6-3-11/h2-7,14,19-22H,8-10H2,1H3. The molecule has 0 aliphatic rings. The molecule has 1 unspecified atom stereocenters. The minimum atomic E-state index is -0.657. The maximum Gasteiger partial charge on any atom is 0.177 e. The Bertz CT molecular complexity index is 646. The van der Waals surface area contributed by atoms with Gasteiger partial charge >= 0.3 is 0 Å². The summed E-state index contributed by atoms with van der Waals surface area (Å²) in [5.74, 6) is 0.452. The summed E-state index contributed by atoms with van der Waals surface area (Å²) in [5.41, 5.74) is 1.53. The molecule has 0 aromatic heterocycles. The van der Waals surface area contributed by atoms with E-state index in [2.05, 4.69) is 5.32 Å². The molecule has 0 radical (unpaired) electrons. The molecule has 23 heavy (non-hydrogen) atoms. The van der Waals surface area contributed by atoms with Gasteiger partial charge in [-0.1, -0.05) is 29.8 Å². The van der Waals surface area contributed by atoms with E-state index in [-0.39, 0.29) is 16.5 Å². The normalized spacial score (nSPS) is 12.1. The topological polar surface area (TPSA) is 82.0 Å². The number of ether oxygens (including phenoxy) is 1. The number of benzene rings is 2. The Morgan fingerprint density at radius 1 is 1.13 bits per heavy atom. The van der Waals surface area contributed by atoms with Crippen LogP contribution in [0.25, 0.3) is 0 Å². The van der Waals surface area contributed by atoms with Crippen molar-refractivity contribution in [2.45, 2.75) is 12.5 Å². The Morgan fingerprint density at radius 3 is 2.48 bits per heavy atom. The molecule has 0 spiro atoms. The molecular formula is C17H20ClNO4. The van der Waals surface area contributed by atoms with Gasteiger partial charge in [-0.05, 0) is 42.3 Å². The first-order valence-corrected chi connectivity index (χ1v) is 7.62. The highest BCUT2D eigenvalue weighted by Crippen LogP contribution is 2.36. The van der Waals surface area contributed by atoms with Gasteiger partial charge in [-0.25, -0.2) is 0 Å². The number of halogens is 1. The lowest BCUT2D eigenvalue weighted by Crippen LogP contribution is -2.23. The summed E-state index contributed by atoms with van der Waals surface area (Å²) < 4.78 is 4.99. The number of rotatable bonds is 7. The third kappa shape index (κ3) is 4.51. The van der Waals surface area contributed by atoms with Gasteiger partial charge in [0.25, 0.3) is 0 Å². The number of hydrogen-bond donors (Lipinski definition) is 4. The molecule has 0 fully saturated rings. The van der Waals surface area contributed by atoms with E-state index in [1.807, 2.05) is 0 Å². The number of nitrogens with one attached hydrogen (secondary N) is 1. The van der Waals surface area contributed by atoms with Gasteiger partial charge in [0, 0.05) is 6.54 Å². The molecule has 5 nitrogen and oxygen atoms in total. The number of aliphatic hydroxyl groups is 1. The third-order valence-electron chi connectivity index (χ3n) is 3.57. The highest BCUT2D eigenvalue weighted by Gasteiger charge is 2.11. The third-order valence-corrected chi connectivity index (χ3v) is 3.99. The summed E-state index contributed by atoms with van der Waals surface area (Å²) in [6.07, 6.45) is -0.0473. The van der Waals surface area contributed by atoms with Crippen LogP contribution in [0.5, 0.6) is 17.2 Å². The van der Waals surface area contributed by atoms with Crippen molar-refractivity contribution in [2.75, 3.05) is 20.2 Å². The van der Waals surface area contributed by atoms with Crippen LogP contribution in [0.4, 0.5) is 0 Å². The molecule has 6 heteroatoms. The van der Waals surface area contributed by atoms with Crippen LogP contribution in [-0.2, 0) is 6.42 Å². The van der Waals surface area contributed by atoms with E-state index in [9.17, 15) is 15.3 Å². The van der Waals surface area contributed by atoms with Crippen LogP contribution in [0.3, 0.4) is 0 Å². The molecule has 1 atom stereocenters. The molecule has 0 bridgehead atoms. The summed E-state index contributed by atoms with van der Waals surface area (Å²) >= 11 is 6.10. The lowest BCUT2D eigenvalue weighted by molar-refractivity contribution is 0.175. The number of aromatic hydroxyl groups is 2. The predicted molar refractivity (Wildman–Crippen MR) is 89.3 cm³/mol. The quantitative estimate of drug-likeness (QED) is 0.584. The van der Waals surface area contributed by atoms with Gasteiger partial charge in [0.1, 0.15) is 5.75 Å². The Kier molecular flexibility index (Phi) is 6.10. The first-order valence-electron chi connectivity index (χ1n) is 7.25. The number of aliphatic hydroxyl groups excluding tert-OH is 1. The molecule has 0 saturated heterocycles. The average molecular weight is 338 g/mol. The van der Waals surface area contributed by atoms with Gasteiger partial charge in [-0.15, -0.1) is 0 Å². The molecule has 0 aliphatic carbocycles. The first kappa shape index (κ1) is 17.4. The Morgan fingerprint density at radius 2 is 1.83 bits per heavy atom. The summed E-state index contributed by atoms with van der Waals surface area (Å²) in [4.78, 5) is 0. The second kappa shape index (κ2) is 8.06. The van der Waals surface area contributed by atoms with E-state index in [0.29, 0.717) is 25.3 Å². The van der Waals surface area contributed by atoms with Crippen molar-refractivity contribution >= 4 is 11.6 Å². The lowest BCUT2D eigenvalue weighted by atomic mass is 10.1. The van der Waals surface area contributed by atoms with Crippen LogP contribution < -0.4 is 10.1 Å². The molecular weight excluding hydrogens is 318 g/mol. The highest BCUT2D eigenvalue weighted by atomic mass is 35.5. The number of hydrogen-bond acceptors (Lipinski definition) is 5. The Balaban J connectivity index is 1.83. The number of methoxy groups -OCH3 is 1. The smallest absolute Gasteiger partial charge is 0.177 e. The predicted octanol–water partition coefficient (Wildman–Crippen LogP) is 2.63. The van der Waals surface area contributed by atoms with Crippen LogP contribution in [0, 0.1) is 0 Å². The number of phenolic OH excluding ortho intramolecular Hbond substituents is 2. The van der Waals surface area contributed by atoms with Crippen molar-refractivity contribution in [3.05, 3.63) is 52.5 Å². The van der Waals surface area contributed by atoms with Crippen LogP contribution in [0.15, 0.2) is 36.4 Å². The van der Waals surface area contributed by atoms with E-state index in [0.717, 1.165) is 11.1 Å². The molecule has 0 saturated carbocycles. The van der Waals surface area contributed by atoms with Gasteiger partial charge in [0.05, 0.1) is 18.2 Å². The maximum atomic E-state index is 10.0. The van der Waals surface area contributed by atoms with Gasteiger partial charge in [0.15, 0.2) is 11.5 Å². The molecule has 2 rings (SSSR count). The zero-order valence-corrected chi connectivity index (χ0v) is 13.5. The summed E-state index contributed by atoms with van der Waals surface area (Å²) in [6.45, 7) is 0.977. The van der Waals surface area contributed by atoms with Gasteiger partial charge in [-0.3, -0.25) is 0 Å². The SMILES string of the molecule is COc1ccc(CCNCC(O)c2ccc(O)cc2)c(Cl)c1O. The van der Waals surface area contributed by atoms with Crippen molar-refractivity contribution in [2.24, 2.45) is 0 Å². The minimum Gasteiger partial charge on any atom is -0.508 e.